The number of carbonyl (C=O) groups excluding carboxylic acids is 2. The van der Waals surface area contributed by atoms with Crippen molar-refractivity contribution < 1.29 is 14.3 Å². The Morgan fingerprint density at radius 2 is 2.07 bits per heavy atom. The van der Waals surface area contributed by atoms with Crippen molar-refractivity contribution in [2.24, 2.45) is 5.92 Å². The minimum Gasteiger partial charge on any atom is -0.497 e. The van der Waals surface area contributed by atoms with Crippen molar-refractivity contribution in [3.05, 3.63) is 65.9 Å². The number of hydrogen-bond donors (Lipinski definition) is 2. The first-order valence-electron chi connectivity index (χ1n) is 9.87. The number of methoxy groups -OCH3 is 1. The van der Waals surface area contributed by atoms with Gasteiger partial charge in [0, 0.05) is 30.7 Å². The third-order valence-corrected chi connectivity index (χ3v) is 5.42. The van der Waals surface area contributed by atoms with Crippen molar-refractivity contribution in [3.8, 4) is 5.75 Å². The van der Waals surface area contributed by atoms with Crippen LogP contribution in [0.2, 0.25) is 0 Å². The number of likely N-dealkylation sites (tertiary alicyclic amines) is 1. The van der Waals surface area contributed by atoms with Crippen molar-refractivity contribution in [2.75, 3.05) is 13.7 Å². The van der Waals surface area contributed by atoms with Crippen molar-refractivity contribution >= 4 is 22.7 Å². The first-order valence-corrected chi connectivity index (χ1v) is 9.87. The van der Waals surface area contributed by atoms with Crippen LogP contribution >= 0.6 is 0 Å². The molecule has 2 amide bonds. The number of nitrogens with zero attached hydrogens (tertiary/aromatic N) is 1. The van der Waals surface area contributed by atoms with Gasteiger partial charge in [-0.2, -0.15) is 0 Å². The second-order valence-electron chi connectivity index (χ2n) is 7.46. The molecule has 0 radical (unpaired) electrons. The predicted octanol–water partition coefficient (Wildman–Crippen LogP) is 3.23. The zero-order chi connectivity index (χ0) is 20.2. The highest BCUT2D eigenvalue weighted by molar-refractivity contribution is 5.84. The van der Waals surface area contributed by atoms with Crippen molar-refractivity contribution in [2.45, 2.75) is 25.9 Å². The summed E-state index contributed by atoms with van der Waals surface area (Å²) in [7, 11) is 1.62. The summed E-state index contributed by atoms with van der Waals surface area (Å²) in [6, 6.07) is 17.8. The van der Waals surface area contributed by atoms with Gasteiger partial charge in [-0.3, -0.25) is 9.59 Å². The largest absolute Gasteiger partial charge is 0.497 e. The zero-order valence-corrected chi connectivity index (χ0v) is 16.5. The monoisotopic (exact) mass is 391 g/mol. The molecule has 0 aliphatic carbocycles. The lowest BCUT2D eigenvalue weighted by atomic mass is 9.96. The minimum absolute atomic E-state index is 0.00759. The molecular formula is C23H25N3O3. The number of para-hydroxylation sites is 1. The lowest BCUT2D eigenvalue weighted by Crippen LogP contribution is -2.45. The maximum atomic E-state index is 12.7. The quantitative estimate of drug-likeness (QED) is 0.677. The fraction of sp³-hybridized carbons (Fsp3) is 0.304. The van der Waals surface area contributed by atoms with Crippen LogP contribution in [0.4, 0.5) is 0 Å². The van der Waals surface area contributed by atoms with E-state index in [0.717, 1.165) is 27.9 Å². The Hall–Kier alpha value is -3.28. The van der Waals surface area contributed by atoms with E-state index < -0.39 is 0 Å². The van der Waals surface area contributed by atoms with E-state index in [9.17, 15) is 9.59 Å². The fourth-order valence-electron chi connectivity index (χ4n) is 3.83. The van der Waals surface area contributed by atoms with Crippen LogP contribution < -0.4 is 10.1 Å². The number of rotatable bonds is 6. The molecule has 2 heterocycles. The highest BCUT2D eigenvalue weighted by atomic mass is 16.5. The van der Waals surface area contributed by atoms with E-state index in [4.69, 9.17) is 4.74 Å². The molecule has 2 aromatic carbocycles. The summed E-state index contributed by atoms with van der Waals surface area (Å²) >= 11 is 0. The molecular weight excluding hydrogens is 366 g/mol. The molecule has 29 heavy (non-hydrogen) atoms. The lowest BCUT2D eigenvalue weighted by molar-refractivity contribution is -0.139. The number of hydrogen-bond acceptors (Lipinski definition) is 3. The zero-order valence-electron chi connectivity index (χ0n) is 16.5. The van der Waals surface area contributed by atoms with E-state index in [1.807, 2.05) is 48.5 Å². The fourth-order valence-corrected chi connectivity index (χ4v) is 3.83. The molecule has 1 aromatic heterocycles. The van der Waals surface area contributed by atoms with Crippen LogP contribution in [0.5, 0.6) is 5.75 Å². The topological polar surface area (TPSA) is 74.4 Å². The Morgan fingerprint density at radius 1 is 1.21 bits per heavy atom. The molecule has 6 nitrogen and oxygen atoms in total. The number of carbonyl (C=O) groups is 2. The van der Waals surface area contributed by atoms with Gasteiger partial charge in [0.1, 0.15) is 5.75 Å². The smallest absolute Gasteiger partial charge is 0.225 e. The maximum Gasteiger partial charge on any atom is 0.225 e. The number of piperidine rings is 1. The van der Waals surface area contributed by atoms with Crippen LogP contribution in [0.3, 0.4) is 0 Å². The van der Waals surface area contributed by atoms with Gasteiger partial charge in [-0.1, -0.05) is 30.3 Å². The van der Waals surface area contributed by atoms with E-state index in [1.165, 1.54) is 0 Å². The number of aromatic nitrogens is 1. The van der Waals surface area contributed by atoms with Crippen LogP contribution in [-0.4, -0.2) is 35.4 Å². The third kappa shape index (κ3) is 4.42. The standard InChI is InChI=1S/C23H25N3O3/c1-29-20-7-4-5-16(11-20)14-26-15-18(9-10-22(26)27)23(28)24-13-19-12-17-6-2-3-8-21(17)25-19/h2-8,11-12,18,25H,9-10,13-15H2,1H3,(H,24,28). The second kappa shape index (κ2) is 8.39. The number of aromatic amines is 1. The summed E-state index contributed by atoms with van der Waals surface area (Å²) in [6.07, 6.45) is 0.987. The average Bonchev–Trinajstić information content (AvgIpc) is 3.17. The van der Waals surface area contributed by atoms with Crippen molar-refractivity contribution in [1.29, 1.82) is 0 Å². The lowest BCUT2D eigenvalue weighted by Gasteiger charge is -2.32. The summed E-state index contributed by atoms with van der Waals surface area (Å²) < 4.78 is 5.26. The van der Waals surface area contributed by atoms with E-state index in [2.05, 4.69) is 16.4 Å². The molecule has 150 valence electrons. The van der Waals surface area contributed by atoms with E-state index in [-0.39, 0.29) is 17.7 Å². The van der Waals surface area contributed by atoms with E-state index >= 15 is 0 Å². The number of ether oxygens (including phenoxy) is 1. The molecule has 2 N–H and O–H groups in total. The number of fused-ring (bicyclic) bond motifs is 1. The molecule has 0 bridgehead atoms. The molecule has 1 saturated heterocycles. The Bertz CT molecular complexity index is 994. The summed E-state index contributed by atoms with van der Waals surface area (Å²) in [5.41, 5.74) is 3.03. The molecule has 1 aliphatic rings. The number of nitrogens with one attached hydrogen (secondary N) is 2. The molecule has 0 spiro atoms. The summed E-state index contributed by atoms with van der Waals surface area (Å²) in [6.45, 7) is 1.38. The molecule has 0 saturated carbocycles. The van der Waals surface area contributed by atoms with Gasteiger partial charge in [0.2, 0.25) is 11.8 Å². The summed E-state index contributed by atoms with van der Waals surface area (Å²) in [5.74, 6) is 0.654. The Kier molecular flexibility index (Phi) is 5.51. The normalized spacial score (nSPS) is 16.8. The molecule has 1 aliphatic heterocycles. The number of amides is 2. The van der Waals surface area contributed by atoms with Gasteiger partial charge in [-0.05, 0) is 41.6 Å². The van der Waals surface area contributed by atoms with E-state index in [0.29, 0.717) is 32.5 Å². The SMILES string of the molecule is COc1cccc(CN2CC(C(=O)NCc3cc4ccccc4[nH]3)CCC2=O)c1. The molecule has 1 fully saturated rings. The third-order valence-electron chi connectivity index (χ3n) is 5.42. The highest BCUT2D eigenvalue weighted by Crippen LogP contribution is 2.22. The second-order valence-corrected chi connectivity index (χ2v) is 7.46. The van der Waals surface area contributed by atoms with Crippen LogP contribution in [0, 0.1) is 5.92 Å². The van der Waals surface area contributed by atoms with Gasteiger partial charge < -0.3 is 19.9 Å². The number of benzene rings is 2. The Labute approximate surface area is 169 Å². The first kappa shape index (κ1) is 19.1. The van der Waals surface area contributed by atoms with Crippen LogP contribution in [0.25, 0.3) is 10.9 Å². The van der Waals surface area contributed by atoms with Crippen molar-refractivity contribution in [1.82, 2.24) is 15.2 Å². The van der Waals surface area contributed by atoms with Gasteiger partial charge in [0.05, 0.1) is 19.6 Å². The number of H-pyrrole nitrogens is 1. The van der Waals surface area contributed by atoms with Crippen molar-refractivity contribution in [3.63, 3.8) is 0 Å². The van der Waals surface area contributed by atoms with Crippen LogP contribution in [0.1, 0.15) is 24.1 Å². The summed E-state index contributed by atoms with van der Waals surface area (Å²) in [5, 5.41) is 4.15. The van der Waals surface area contributed by atoms with Gasteiger partial charge >= 0.3 is 0 Å². The first-order chi connectivity index (χ1) is 14.1. The average molecular weight is 391 g/mol. The predicted molar refractivity (Wildman–Crippen MR) is 111 cm³/mol. The van der Waals surface area contributed by atoms with Gasteiger partial charge in [-0.25, -0.2) is 0 Å². The molecule has 1 unspecified atom stereocenters. The van der Waals surface area contributed by atoms with E-state index in [1.54, 1.807) is 12.0 Å². The molecule has 6 heteroatoms. The maximum absolute atomic E-state index is 12.7. The molecule has 4 rings (SSSR count). The Balaban J connectivity index is 1.36. The Morgan fingerprint density at radius 3 is 2.90 bits per heavy atom. The summed E-state index contributed by atoms with van der Waals surface area (Å²) in [4.78, 5) is 30.2. The van der Waals surface area contributed by atoms with Crippen LogP contribution in [0.15, 0.2) is 54.6 Å². The van der Waals surface area contributed by atoms with Crippen LogP contribution in [-0.2, 0) is 22.7 Å². The molecule has 1 atom stereocenters. The minimum atomic E-state index is -0.192. The van der Waals surface area contributed by atoms with Gasteiger partial charge in [0.15, 0.2) is 0 Å². The van der Waals surface area contributed by atoms with Gasteiger partial charge in [0.25, 0.3) is 0 Å². The van der Waals surface area contributed by atoms with Gasteiger partial charge in [-0.15, -0.1) is 0 Å². The molecule has 3 aromatic rings. The highest BCUT2D eigenvalue weighted by Gasteiger charge is 2.30.